The van der Waals surface area contributed by atoms with Gasteiger partial charge in [-0.15, -0.1) is 11.8 Å². The van der Waals surface area contributed by atoms with Crippen LogP contribution < -0.4 is 0 Å². The third-order valence-corrected chi connectivity index (χ3v) is 4.34. The molecule has 1 atom stereocenters. The molecule has 0 aliphatic carbocycles. The van der Waals surface area contributed by atoms with Crippen molar-refractivity contribution in [2.45, 2.75) is 43.7 Å². The Morgan fingerprint density at radius 2 is 2.41 bits per heavy atom. The van der Waals surface area contributed by atoms with Gasteiger partial charge < -0.3 is 9.32 Å². The fourth-order valence-electron chi connectivity index (χ4n) is 2.11. The number of carbonyl (C=O) groups excluding carboxylic acids is 1. The smallest absolute Gasteiger partial charge is 0.235 e. The standard InChI is InChI=1S/C13H19NO2S/c1-10(2)14-7-3-6-12(13(14)15)17-9-11-5-4-8-16-11/h4-5,8,10,12H,3,6-7,9H2,1-2H3/t12-/m0/s1. The number of rotatable bonds is 4. The van der Waals surface area contributed by atoms with Crippen LogP contribution in [0.5, 0.6) is 0 Å². The van der Waals surface area contributed by atoms with Crippen molar-refractivity contribution in [2.24, 2.45) is 0 Å². The van der Waals surface area contributed by atoms with Crippen LogP contribution in [0.3, 0.4) is 0 Å². The molecule has 4 heteroatoms. The van der Waals surface area contributed by atoms with E-state index >= 15 is 0 Å². The van der Waals surface area contributed by atoms with Gasteiger partial charge in [0.15, 0.2) is 0 Å². The van der Waals surface area contributed by atoms with E-state index in [1.54, 1.807) is 18.0 Å². The van der Waals surface area contributed by atoms with Crippen LogP contribution in [-0.4, -0.2) is 28.6 Å². The summed E-state index contributed by atoms with van der Waals surface area (Å²) < 4.78 is 5.29. The number of furan rings is 1. The quantitative estimate of drug-likeness (QED) is 0.827. The SMILES string of the molecule is CC(C)N1CCC[C@H](SCc2ccco2)C1=O. The molecule has 2 heterocycles. The second kappa shape index (κ2) is 5.63. The third-order valence-electron chi connectivity index (χ3n) is 3.05. The van der Waals surface area contributed by atoms with E-state index in [0.29, 0.717) is 11.9 Å². The number of hydrogen-bond donors (Lipinski definition) is 0. The van der Waals surface area contributed by atoms with Gasteiger partial charge in [0.2, 0.25) is 5.91 Å². The van der Waals surface area contributed by atoms with Crippen molar-refractivity contribution in [3.05, 3.63) is 24.2 Å². The van der Waals surface area contributed by atoms with Crippen LogP contribution >= 0.6 is 11.8 Å². The molecule has 0 N–H and O–H groups in total. The average Bonchev–Trinajstić information content (AvgIpc) is 2.80. The molecular weight excluding hydrogens is 234 g/mol. The molecule has 1 aromatic rings. The van der Waals surface area contributed by atoms with Crippen molar-refractivity contribution >= 4 is 17.7 Å². The number of hydrogen-bond acceptors (Lipinski definition) is 3. The maximum absolute atomic E-state index is 12.2. The third kappa shape index (κ3) is 3.06. The molecule has 2 rings (SSSR count). The van der Waals surface area contributed by atoms with Gasteiger partial charge >= 0.3 is 0 Å². The van der Waals surface area contributed by atoms with Crippen LogP contribution in [0.25, 0.3) is 0 Å². The molecule has 3 nitrogen and oxygen atoms in total. The van der Waals surface area contributed by atoms with E-state index < -0.39 is 0 Å². The van der Waals surface area contributed by atoms with Crippen LogP contribution in [0.4, 0.5) is 0 Å². The Kier molecular flexibility index (Phi) is 4.15. The highest BCUT2D eigenvalue weighted by molar-refractivity contribution is 7.99. The van der Waals surface area contributed by atoms with Gasteiger partial charge in [-0.2, -0.15) is 0 Å². The summed E-state index contributed by atoms with van der Waals surface area (Å²) in [6.45, 7) is 5.07. The van der Waals surface area contributed by atoms with Gasteiger partial charge in [0.25, 0.3) is 0 Å². The topological polar surface area (TPSA) is 33.5 Å². The lowest BCUT2D eigenvalue weighted by Crippen LogP contribution is -2.46. The first-order chi connectivity index (χ1) is 8.18. The molecule has 0 unspecified atom stereocenters. The average molecular weight is 253 g/mol. The Morgan fingerprint density at radius 3 is 3.06 bits per heavy atom. The van der Waals surface area contributed by atoms with Crippen LogP contribution in [0.15, 0.2) is 22.8 Å². The number of nitrogens with zero attached hydrogens (tertiary/aromatic N) is 1. The maximum atomic E-state index is 12.2. The van der Waals surface area contributed by atoms with Gasteiger partial charge in [-0.25, -0.2) is 0 Å². The Labute approximate surface area is 107 Å². The number of carbonyl (C=O) groups is 1. The Morgan fingerprint density at radius 1 is 1.59 bits per heavy atom. The highest BCUT2D eigenvalue weighted by Gasteiger charge is 2.30. The summed E-state index contributed by atoms with van der Waals surface area (Å²) in [5, 5.41) is 0.108. The monoisotopic (exact) mass is 253 g/mol. The molecule has 1 amide bonds. The van der Waals surface area contributed by atoms with E-state index in [1.165, 1.54) is 0 Å². The van der Waals surface area contributed by atoms with Crippen LogP contribution in [0.1, 0.15) is 32.4 Å². The van der Waals surface area contributed by atoms with Crippen LogP contribution in [0, 0.1) is 0 Å². The Balaban J connectivity index is 1.90. The summed E-state index contributed by atoms with van der Waals surface area (Å²) in [5.41, 5.74) is 0. The van der Waals surface area contributed by atoms with E-state index in [-0.39, 0.29) is 5.25 Å². The molecule has 0 aromatic carbocycles. The minimum absolute atomic E-state index is 0.108. The lowest BCUT2D eigenvalue weighted by atomic mass is 10.1. The van der Waals surface area contributed by atoms with Crippen molar-refractivity contribution in [3.63, 3.8) is 0 Å². The highest BCUT2D eigenvalue weighted by Crippen LogP contribution is 2.27. The Bertz CT molecular complexity index is 362. The van der Waals surface area contributed by atoms with Crippen molar-refractivity contribution in [2.75, 3.05) is 6.54 Å². The zero-order valence-corrected chi connectivity index (χ0v) is 11.2. The maximum Gasteiger partial charge on any atom is 0.235 e. The molecule has 1 aliphatic heterocycles. The summed E-state index contributed by atoms with van der Waals surface area (Å²) in [6, 6.07) is 4.16. The zero-order chi connectivity index (χ0) is 12.3. The van der Waals surface area contributed by atoms with E-state index in [4.69, 9.17) is 4.42 Å². The molecule has 0 bridgehead atoms. The van der Waals surface area contributed by atoms with E-state index in [1.807, 2.05) is 17.0 Å². The molecule has 1 aromatic heterocycles. The van der Waals surface area contributed by atoms with Gasteiger partial charge in [-0.1, -0.05) is 0 Å². The fraction of sp³-hybridized carbons (Fsp3) is 0.615. The summed E-state index contributed by atoms with van der Waals surface area (Å²) >= 11 is 1.70. The van der Waals surface area contributed by atoms with Crippen molar-refractivity contribution in [1.29, 1.82) is 0 Å². The lowest BCUT2D eigenvalue weighted by Gasteiger charge is -2.34. The summed E-state index contributed by atoms with van der Waals surface area (Å²) in [5.74, 6) is 2.03. The molecule has 0 spiro atoms. The summed E-state index contributed by atoms with van der Waals surface area (Å²) in [4.78, 5) is 14.2. The largest absolute Gasteiger partial charge is 0.468 e. The van der Waals surface area contributed by atoms with Crippen LogP contribution in [-0.2, 0) is 10.5 Å². The molecule has 1 fully saturated rings. The van der Waals surface area contributed by atoms with Gasteiger partial charge in [-0.3, -0.25) is 4.79 Å². The summed E-state index contributed by atoms with van der Waals surface area (Å²) in [7, 11) is 0. The molecule has 0 saturated carbocycles. The van der Waals surface area contributed by atoms with Gasteiger partial charge in [0.05, 0.1) is 17.3 Å². The molecule has 1 saturated heterocycles. The fourth-order valence-corrected chi connectivity index (χ4v) is 3.25. The zero-order valence-electron chi connectivity index (χ0n) is 10.4. The van der Waals surface area contributed by atoms with E-state index in [9.17, 15) is 4.79 Å². The minimum atomic E-state index is 0.108. The first-order valence-corrected chi connectivity index (χ1v) is 7.18. The number of amides is 1. The normalized spacial score (nSPS) is 21.2. The molecule has 17 heavy (non-hydrogen) atoms. The molecular formula is C13H19NO2S. The lowest BCUT2D eigenvalue weighted by molar-refractivity contribution is -0.134. The number of piperidine rings is 1. The number of thioether (sulfide) groups is 1. The number of likely N-dealkylation sites (tertiary alicyclic amines) is 1. The minimum Gasteiger partial charge on any atom is -0.468 e. The van der Waals surface area contributed by atoms with Crippen molar-refractivity contribution < 1.29 is 9.21 Å². The molecule has 1 aliphatic rings. The van der Waals surface area contributed by atoms with Gasteiger partial charge in [-0.05, 0) is 38.8 Å². The first-order valence-electron chi connectivity index (χ1n) is 6.13. The second-order valence-electron chi connectivity index (χ2n) is 4.65. The Hall–Kier alpha value is -0.900. The summed E-state index contributed by atoms with van der Waals surface area (Å²) in [6.07, 6.45) is 3.78. The molecule has 94 valence electrons. The predicted molar refractivity (Wildman–Crippen MR) is 69.9 cm³/mol. The van der Waals surface area contributed by atoms with Gasteiger partial charge in [0.1, 0.15) is 5.76 Å². The highest BCUT2D eigenvalue weighted by atomic mass is 32.2. The second-order valence-corrected chi connectivity index (χ2v) is 5.84. The van der Waals surface area contributed by atoms with E-state index in [0.717, 1.165) is 30.9 Å². The van der Waals surface area contributed by atoms with E-state index in [2.05, 4.69) is 13.8 Å². The first kappa shape index (κ1) is 12.6. The van der Waals surface area contributed by atoms with Gasteiger partial charge in [0, 0.05) is 12.6 Å². The van der Waals surface area contributed by atoms with Crippen LogP contribution in [0.2, 0.25) is 0 Å². The predicted octanol–water partition coefficient (Wildman–Crippen LogP) is 2.91. The molecule has 0 radical (unpaired) electrons. The van der Waals surface area contributed by atoms with Crippen molar-refractivity contribution in [1.82, 2.24) is 4.90 Å². The van der Waals surface area contributed by atoms with Crippen molar-refractivity contribution in [3.8, 4) is 0 Å².